The smallest absolute Gasteiger partial charge is 0.274 e. The molecule has 6 N–H and O–H groups in total. The maximum atomic E-state index is 12.3. The summed E-state index contributed by atoms with van der Waals surface area (Å²) in [6.07, 6.45) is 0. The third-order valence-electron chi connectivity index (χ3n) is 3.28. The highest BCUT2D eigenvalue weighted by Crippen LogP contribution is 2.22. The lowest BCUT2D eigenvalue weighted by Crippen LogP contribution is -2.14. The van der Waals surface area contributed by atoms with Crippen molar-refractivity contribution in [2.45, 2.75) is 4.90 Å². The van der Waals surface area contributed by atoms with E-state index < -0.39 is 15.9 Å². The molecular formula is C14H13N5O3S. The van der Waals surface area contributed by atoms with Crippen LogP contribution in [0.25, 0.3) is 10.9 Å². The Bertz CT molecular complexity index is 993. The van der Waals surface area contributed by atoms with Gasteiger partial charge in [0.05, 0.1) is 10.6 Å². The van der Waals surface area contributed by atoms with Crippen LogP contribution in [0.5, 0.6) is 0 Å². The van der Waals surface area contributed by atoms with Crippen molar-refractivity contribution in [3.05, 3.63) is 48.2 Å². The van der Waals surface area contributed by atoms with Crippen molar-refractivity contribution < 1.29 is 13.2 Å². The molecule has 3 aromatic rings. The van der Waals surface area contributed by atoms with E-state index in [4.69, 9.17) is 10.9 Å². The predicted octanol–water partition coefficient (Wildman–Crippen LogP) is 1.04. The lowest BCUT2D eigenvalue weighted by atomic mass is 10.2. The average molecular weight is 331 g/mol. The number of aromatic amines is 1. The lowest BCUT2D eigenvalue weighted by Gasteiger charge is -2.05. The topological polar surface area (TPSA) is 144 Å². The van der Waals surface area contributed by atoms with Crippen LogP contribution in [0.1, 0.15) is 10.5 Å². The van der Waals surface area contributed by atoms with Gasteiger partial charge in [0.15, 0.2) is 0 Å². The summed E-state index contributed by atoms with van der Waals surface area (Å²) in [7, 11) is -3.77. The first-order valence-corrected chi connectivity index (χ1v) is 8.07. The fourth-order valence-corrected chi connectivity index (χ4v) is 2.67. The molecule has 1 aromatic heterocycles. The first kappa shape index (κ1) is 15.0. The SMILES string of the molecule is Nc1cccc2c(C(=O)Nc3ccc(S(N)(=O)=O)cc3)[nH]nc12. The standard InChI is InChI=1S/C14H13N5O3S/c15-11-3-1-2-10-12(11)18-19-13(10)14(20)17-8-4-6-9(7-5-8)23(16,21)22/h1-7H,15H2,(H,17,20)(H,18,19)(H2,16,21,22). The van der Waals surface area contributed by atoms with Crippen LogP contribution < -0.4 is 16.2 Å². The van der Waals surface area contributed by atoms with Crippen molar-refractivity contribution in [3.63, 3.8) is 0 Å². The molecule has 118 valence electrons. The van der Waals surface area contributed by atoms with Crippen molar-refractivity contribution in [2.24, 2.45) is 5.14 Å². The number of nitrogen functional groups attached to an aromatic ring is 1. The number of benzene rings is 2. The maximum Gasteiger partial charge on any atom is 0.274 e. The first-order chi connectivity index (χ1) is 10.9. The molecule has 0 aliphatic heterocycles. The monoisotopic (exact) mass is 331 g/mol. The summed E-state index contributed by atoms with van der Waals surface area (Å²) in [5, 5.41) is 14.9. The summed E-state index contributed by atoms with van der Waals surface area (Å²) in [4.78, 5) is 12.3. The first-order valence-electron chi connectivity index (χ1n) is 6.53. The summed E-state index contributed by atoms with van der Waals surface area (Å²) >= 11 is 0. The highest BCUT2D eigenvalue weighted by atomic mass is 32.2. The van der Waals surface area contributed by atoms with Gasteiger partial charge in [-0.1, -0.05) is 12.1 Å². The van der Waals surface area contributed by atoms with Gasteiger partial charge in [-0.05, 0) is 30.3 Å². The van der Waals surface area contributed by atoms with Crippen molar-refractivity contribution in [1.29, 1.82) is 0 Å². The van der Waals surface area contributed by atoms with E-state index >= 15 is 0 Å². The molecule has 2 aromatic carbocycles. The number of hydrogen-bond donors (Lipinski definition) is 4. The molecule has 1 amide bonds. The molecular weight excluding hydrogens is 318 g/mol. The van der Waals surface area contributed by atoms with Crippen molar-refractivity contribution in [3.8, 4) is 0 Å². The van der Waals surface area contributed by atoms with Crippen LogP contribution in [0.3, 0.4) is 0 Å². The number of anilines is 2. The highest BCUT2D eigenvalue weighted by molar-refractivity contribution is 7.89. The van der Waals surface area contributed by atoms with Crippen LogP contribution in [-0.2, 0) is 10.0 Å². The molecule has 0 aliphatic rings. The molecule has 0 aliphatic carbocycles. The number of nitrogens with two attached hydrogens (primary N) is 2. The van der Waals surface area contributed by atoms with Crippen molar-refractivity contribution in [2.75, 3.05) is 11.1 Å². The van der Waals surface area contributed by atoms with Gasteiger partial charge in [-0.3, -0.25) is 9.89 Å². The van der Waals surface area contributed by atoms with Crippen LogP contribution in [0.4, 0.5) is 11.4 Å². The quantitative estimate of drug-likeness (QED) is 0.530. The molecule has 0 bridgehead atoms. The normalized spacial score (nSPS) is 11.5. The van der Waals surface area contributed by atoms with E-state index in [2.05, 4.69) is 15.5 Å². The van der Waals surface area contributed by atoms with Crippen molar-refractivity contribution >= 4 is 38.2 Å². The Balaban J connectivity index is 1.88. The van der Waals surface area contributed by atoms with Gasteiger partial charge < -0.3 is 11.1 Å². The van der Waals surface area contributed by atoms with E-state index in [0.29, 0.717) is 22.3 Å². The van der Waals surface area contributed by atoms with E-state index in [0.717, 1.165) is 0 Å². The number of carbonyl (C=O) groups excluding carboxylic acids is 1. The molecule has 0 unspecified atom stereocenters. The fourth-order valence-electron chi connectivity index (χ4n) is 2.15. The fraction of sp³-hybridized carbons (Fsp3) is 0. The number of nitrogens with one attached hydrogen (secondary N) is 2. The summed E-state index contributed by atoms with van der Waals surface area (Å²) in [6, 6.07) is 10.7. The zero-order valence-corrected chi connectivity index (χ0v) is 12.6. The molecule has 23 heavy (non-hydrogen) atoms. The minimum atomic E-state index is -3.77. The minimum absolute atomic E-state index is 0.0322. The molecule has 0 radical (unpaired) electrons. The number of H-pyrrole nitrogens is 1. The van der Waals surface area contributed by atoms with Crippen LogP contribution in [-0.4, -0.2) is 24.5 Å². The lowest BCUT2D eigenvalue weighted by molar-refractivity contribution is 0.102. The van der Waals surface area contributed by atoms with Crippen LogP contribution >= 0.6 is 0 Å². The minimum Gasteiger partial charge on any atom is -0.397 e. The molecule has 8 nitrogen and oxygen atoms in total. The molecule has 0 fully saturated rings. The third-order valence-corrected chi connectivity index (χ3v) is 4.21. The Hall–Kier alpha value is -2.91. The number of carbonyl (C=O) groups is 1. The Morgan fingerprint density at radius 2 is 1.83 bits per heavy atom. The Kier molecular flexibility index (Phi) is 3.51. The number of fused-ring (bicyclic) bond motifs is 1. The van der Waals surface area contributed by atoms with Gasteiger partial charge in [0.1, 0.15) is 11.2 Å². The second kappa shape index (κ2) is 5.38. The number of para-hydroxylation sites is 1. The molecule has 9 heteroatoms. The number of sulfonamides is 1. The third kappa shape index (κ3) is 2.87. The highest BCUT2D eigenvalue weighted by Gasteiger charge is 2.15. The zero-order valence-electron chi connectivity index (χ0n) is 11.8. The van der Waals surface area contributed by atoms with E-state index in [1.165, 1.54) is 24.3 Å². The second-order valence-corrected chi connectivity index (χ2v) is 6.43. The number of aromatic nitrogens is 2. The number of amides is 1. The van der Waals surface area contributed by atoms with E-state index in [1.54, 1.807) is 18.2 Å². The van der Waals surface area contributed by atoms with Gasteiger partial charge in [0, 0.05) is 11.1 Å². The van der Waals surface area contributed by atoms with Gasteiger partial charge in [-0.25, -0.2) is 13.6 Å². The van der Waals surface area contributed by atoms with Crippen LogP contribution in [0, 0.1) is 0 Å². The number of primary sulfonamides is 1. The van der Waals surface area contributed by atoms with Gasteiger partial charge in [0.2, 0.25) is 10.0 Å². The molecule has 3 rings (SSSR count). The number of rotatable bonds is 3. The van der Waals surface area contributed by atoms with Gasteiger partial charge in [0.25, 0.3) is 5.91 Å². The largest absolute Gasteiger partial charge is 0.397 e. The molecule has 0 spiro atoms. The van der Waals surface area contributed by atoms with E-state index in [1.807, 2.05) is 0 Å². The van der Waals surface area contributed by atoms with E-state index in [9.17, 15) is 13.2 Å². The van der Waals surface area contributed by atoms with Crippen LogP contribution in [0.15, 0.2) is 47.4 Å². The Morgan fingerprint density at radius 3 is 2.48 bits per heavy atom. The van der Waals surface area contributed by atoms with Gasteiger partial charge >= 0.3 is 0 Å². The second-order valence-electron chi connectivity index (χ2n) is 4.87. The summed E-state index contributed by atoms with van der Waals surface area (Å²) < 4.78 is 22.4. The maximum absolute atomic E-state index is 12.3. The number of hydrogen-bond acceptors (Lipinski definition) is 5. The summed E-state index contributed by atoms with van der Waals surface area (Å²) in [5.74, 6) is -0.415. The molecule has 0 saturated carbocycles. The zero-order chi connectivity index (χ0) is 16.6. The van der Waals surface area contributed by atoms with Gasteiger partial charge in [-0.15, -0.1) is 0 Å². The molecule has 0 saturated heterocycles. The molecule has 0 atom stereocenters. The Morgan fingerprint density at radius 1 is 1.13 bits per heavy atom. The Labute approximate surface area is 131 Å². The van der Waals surface area contributed by atoms with E-state index in [-0.39, 0.29) is 10.6 Å². The van der Waals surface area contributed by atoms with Crippen molar-refractivity contribution in [1.82, 2.24) is 10.2 Å². The summed E-state index contributed by atoms with van der Waals surface area (Å²) in [5.41, 5.74) is 7.47. The number of nitrogens with zero attached hydrogens (tertiary/aromatic N) is 1. The molecule has 1 heterocycles. The van der Waals surface area contributed by atoms with Crippen LogP contribution in [0.2, 0.25) is 0 Å². The summed E-state index contributed by atoms with van der Waals surface area (Å²) in [6.45, 7) is 0. The average Bonchev–Trinajstić information content (AvgIpc) is 2.92. The van der Waals surface area contributed by atoms with Gasteiger partial charge in [-0.2, -0.15) is 5.10 Å². The predicted molar refractivity (Wildman–Crippen MR) is 86.3 cm³/mol.